The quantitative estimate of drug-likeness (QED) is 0.921. The van der Waals surface area contributed by atoms with E-state index in [1.165, 1.54) is 0 Å². The first-order chi connectivity index (χ1) is 12.5. The zero-order valence-corrected chi connectivity index (χ0v) is 15.4. The van der Waals surface area contributed by atoms with E-state index in [-0.39, 0.29) is 11.8 Å². The van der Waals surface area contributed by atoms with E-state index >= 15 is 0 Å². The zero-order valence-electron chi connectivity index (χ0n) is 15.4. The van der Waals surface area contributed by atoms with Gasteiger partial charge in [-0.05, 0) is 56.9 Å². The molecule has 1 saturated heterocycles. The Morgan fingerprint density at radius 2 is 1.65 bits per heavy atom. The third-order valence-corrected chi connectivity index (χ3v) is 4.86. The van der Waals surface area contributed by atoms with Crippen molar-refractivity contribution in [1.29, 1.82) is 0 Å². The summed E-state index contributed by atoms with van der Waals surface area (Å²) in [4.78, 5) is 30.7. The fourth-order valence-electron chi connectivity index (χ4n) is 3.46. The van der Waals surface area contributed by atoms with Gasteiger partial charge in [0.1, 0.15) is 0 Å². The fourth-order valence-corrected chi connectivity index (χ4v) is 3.46. The second kappa shape index (κ2) is 8.13. The molecule has 0 aliphatic carbocycles. The minimum Gasteiger partial charge on any atom is -0.352 e. The first-order valence-electron chi connectivity index (χ1n) is 9.09. The maximum absolute atomic E-state index is 12.4. The lowest BCUT2D eigenvalue weighted by Gasteiger charge is -2.32. The Labute approximate surface area is 154 Å². The summed E-state index contributed by atoms with van der Waals surface area (Å²) in [6.45, 7) is 6.11. The predicted molar refractivity (Wildman–Crippen MR) is 101 cm³/mol. The Morgan fingerprint density at radius 1 is 1.04 bits per heavy atom. The van der Waals surface area contributed by atoms with E-state index in [2.05, 4.69) is 16.4 Å². The Hall–Kier alpha value is -2.69. The number of aryl methyl sites for hydroxylation is 2. The van der Waals surface area contributed by atoms with Crippen LogP contribution in [0.5, 0.6) is 0 Å². The van der Waals surface area contributed by atoms with Gasteiger partial charge in [-0.3, -0.25) is 14.6 Å². The molecule has 0 atom stereocenters. The van der Waals surface area contributed by atoms with Crippen LogP contribution in [0.2, 0.25) is 0 Å². The van der Waals surface area contributed by atoms with E-state index in [4.69, 9.17) is 0 Å². The monoisotopic (exact) mass is 351 g/mol. The SMILES string of the molecule is Cc1cc(C)cc(C(=O)NCC2CCN(C(=O)c3ccncc3)CC2)c1. The van der Waals surface area contributed by atoms with E-state index in [9.17, 15) is 9.59 Å². The number of nitrogens with one attached hydrogen (secondary N) is 1. The van der Waals surface area contributed by atoms with Gasteiger partial charge in [0.15, 0.2) is 0 Å². The molecule has 0 unspecified atom stereocenters. The minimum atomic E-state index is -0.0212. The van der Waals surface area contributed by atoms with Gasteiger partial charge in [0.05, 0.1) is 0 Å². The van der Waals surface area contributed by atoms with Crippen molar-refractivity contribution >= 4 is 11.8 Å². The van der Waals surface area contributed by atoms with Crippen LogP contribution in [0.1, 0.15) is 44.7 Å². The Morgan fingerprint density at radius 3 is 2.27 bits per heavy atom. The Kier molecular flexibility index (Phi) is 5.66. The molecule has 26 heavy (non-hydrogen) atoms. The number of hydrogen-bond donors (Lipinski definition) is 1. The van der Waals surface area contributed by atoms with Crippen LogP contribution >= 0.6 is 0 Å². The lowest BCUT2D eigenvalue weighted by molar-refractivity contribution is 0.0684. The summed E-state index contributed by atoms with van der Waals surface area (Å²) in [5, 5.41) is 3.05. The predicted octanol–water partition coefficient (Wildman–Crippen LogP) is 2.98. The number of pyridine rings is 1. The molecule has 2 aromatic rings. The van der Waals surface area contributed by atoms with Crippen LogP contribution in [0.3, 0.4) is 0 Å². The summed E-state index contributed by atoms with van der Waals surface area (Å²) >= 11 is 0. The van der Waals surface area contributed by atoms with Crippen LogP contribution in [0.4, 0.5) is 0 Å². The number of piperidine rings is 1. The van der Waals surface area contributed by atoms with Crippen LogP contribution in [-0.4, -0.2) is 41.3 Å². The third-order valence-electron chi connectivity index (χ3n) is 4.86. The van der Waals surface area contributed by atoms with Gasteiger partial charge in [-0.2, -0.15) is 0 Å². The number of carbonyl (C=O) groups excluding carboxylic acids is 2. The normalized spacial score (nSPS) is 14.9. The molecule has 2 heterocycles. The van der Waals surface area contributed by atoms with Crippen LogP contribution < -0.4 is 5.32 Å². The first kappa shape index (κ1) is 18.1. The molecular formula is C21H25N3O2. The van der Waals surface area contributed by atoms with Gasteiger partial charge in [-0.15, -0.1) is 0 Å². The van der Waals surface area contributed by atoms with Gasteiger partial charge >= 0.3 is 0 Å². The molecule has 0 bridgehead atoms. The molecule has 1 fully saturated rings. The molecule has 0 radical (unpaired) electrons. The average molecular weight is 351 g/mol. The van der Waals surface area contributed by atoms with Crippen LogP contribution in [0, 0.1) is 19.8 Å². The van der Waals surface area contributed by atoms with Gasteiger partial charge in [0.25, 0.3) is 11.8 Å². The highest BCUT2D eigenvalue weighted by molar-refractivity contribution is 5.95. The number of hydrogen-bond acceptors (Lipinski definition) is 3. The Bertz CT molecular complexity index is 761. The Balaban J connectivity index is 1.48. The number of rotatable bonds is 4. The van der Waals surface area contributed by atoms with E-state index in [0.29, 0.717) is 23.6 Å². The zero-order chi connectivity index (χ0) is 18.5. The smallest absolute Gasteiger partial charge is 0.253 e. The number of carbonyl (C=O) groups is 2. The molecule has 0 spiro atoms. The van der Waals surface area contributed by atoms with Crippen molar-refractivity contribution in [3.05, 3.63) is 65.0 Å². The van der Waals surface area contributed by atoms with Gasteiger partial charge < -0.3 is 10.2 Å². The van der Waals surface area contributed by atoms with Crippen LogP contribution in [0.15, 0.2) is 42.7 Å². The van der Waals surface area contributed by atoms with Crippen molar-refractivity contribution in [3.8, 4) is 0 Å². The molecule has 1 aliphatic rings. The van der Waals surface area contributed by atoms with Crippen molar-refractivity contribution in [3.63, 3.8) is 0 Å². The fraction of sp³-hybridized carbons (Fsp3) is 0.381. The van der Waals surface area contributed by atoms with E-state index in [1.807, 2.05) is 30.9 Å². The average Bonchev–Trinajstić information content (AvgIpc) is 2.66. The summed E-state index contributed by atoms with van der Waals surface area (Å²) < 4.78 is 0. The molecule has 0 saturated carbocycles. The molecule has 5 heteroatoms. The topological polar surface area (TPSA) is 62.3 Å². The number of nitrogens with zero attached hydrogens (tertiary/aromatic N) is 2. The van der Waals surface area contributed by atoms with Gasteiger partial charge in [0, 0.05) is 43.2 Å². The lowest BCUT2D eigenvalue weighted by atomic mass is 9.96. The van der Waals surface area contributed by atoms with Gasteiger partial charge in [-0.1, -0.05) is 17.2 Å². The summed E-state index contributed by atoms with van der Waals surface area (Å²) in [5.41, 5.74) is 3.59. The van der Waals surface area contributed by atoms with Crippen molar-refractivity contribution in [2.24, 2.45) is 5.92 Å². The highest BCUT2D eigenvalue weighted by Gasteiger charge is 2.24. The number of likely N-dealkylation sites (tertiary alicyclic amines) is 1. The second-order valence-corrected chi connectivity index (χ2v) is 7.06. The number of amides is 2. The lowest BCUT2D eigenvalue weighted by Crippen LogP contribution is -2.41. The molecular weight excluding hydrogens is 326 g/mol. The maximum Gasteiger partial charge on any atom is 0.253 e. The summed E-state index contributed by atoms with van der Waals surface area (Å²) in [7, 11) is 0. The number of benzene rings is 1. The highest BCUT2D eigenvalue weighted by Crippen LogP contribution is 2.18. The van der Waals surface area contributed by atoms with E-state index in [1.54, 1.807) is 24.5 Å². The minimum absolute atomic E-state index is 0.0212. The molecule has 1 N–H and O–H groups in total. The van der Waals surface area contributed by atoms with Crippen molar-refractivity contribution in [2.75, 3.05) is 19.6 Å². The summed E-state index contributed by atoms with van der Waals surface area (Å²) in [6, 6.07) is 9.39. The summed E-state index contributed by atoms with van der Waals surface area (Å²) in [6.07, 6.45) is 5.10. The van der Waals surface area contributed by atoms with Gasteiger partial charge in [-0.25, -0.2) is 0 Å². The molecule has 1 aromatic carbocycles. The van der Waals surface area contributed by atoms with Crippen molar-refractivity contribution in [1.82, 2.24) is 15.2 Å². The van der Waals surface area contributed by atoms with Crippen molar-refractivity contribution < 1.29 is 9.59 Å². The molecule has 5 nitrogen and oxygen atoms in total. The molecule has 2 amide bonds. The number of aromatic nitrogens is 1. The van der Waals surface area contributed by atoms with E-state index in [0.717, 1.165) is 37.1 Å². The molecule has 1 aromatic heterocycles. The van der Waals surface area contributed by atoms with Crippen LogP contribution in [0.25, 0.3) is 0 Å². The standard InChI is InChI=1S/C21H25N3O2/c1-15-11-16(2)13-19(12-15)20(25)23-14-17-5-9-24(10-6-17)21(26)18-3-7-22-8-4-18/h3-4,7-8,11-13,17H,5-6,9-10,14H2,1-2H3,(H,23,25). The van der Waals surface area contributed by atoms with Crippen molar-refractivity contribution in [2.45, 2.75) is 26.7 Å². The van der Waals surface area contributed by atoms with Crippen LogP contribution in [-0.2, 0) is 0 Å². The van der Waals surface area contributed by atoms with Gasteiger partial charge in [0.2, 0.25) is 0 Å². The summed E-state index contributed by atoms with van der Waals surface area (Å²) in [5.74, 6) is 0.448. The molecule has 1 aliphatic heterocycles. The molecule has 136 valence electrons. The largest absolute Gasteiger partial charge is 0.352 e. The first-order valence-corrected chi connectivity index (χ1v) is 9.09. The second-order valence-electron chi connectivity index (χ2n) is 7.06. The highest BCUT2D eigenvalue weighted by atomic mass is 16.2. The van der Waals surface area contributed by atoms with E-state index < -0.39 is 0 Å². The maximum atomic E-state index is 12.4. The third kappa shape index (κ3) is 4.48. The molecule has 3 rings (SSSR count).